The van der Waals surface area contributed by atoms with Crippen molar-refractivity contribution in [2.24, 2.45) is 0 Å². The molecule has 2 aromatic rings. The highest BCUT2D eigenvalue weighted by Crippen LogP contribution is 2.14. The molecule has 1 amide bonds. The van der Waals surface area contributed by atoms with Gasteiger partial charge in [0.1, 0.15) is 5.82 Å². The van der Waals surface area contributed by atoms with E-state index in [0.717, 1.165) is 22.6 Å². The number of pyridine rings is 1. The van der Waals surface area contributed by atoms with Gasteiger partial charge in [-0.25, -0.2) is 4.98 Å². The molecule has 2 aromatic heterocycles. The van der Waals surface area contributed by atoms with Crippen LogP contribution in [0, 0.1) is 13.8 Å². The number of aryl methyl sites for hydroxylation is 2. The molecule has 0 fully saturated rings. The molecule has 2 rings (SSSR count). The molecule has 0 saturated carbocycles. The Morgan fingerprint density at radius 2 is 2.12 bits per heavy atom. The number of hydrogen-bond acceptors (Lipinski definition) is 6. The molecule has 0 aromatic carbocycles. The van der Waals surface area contributed by atoms with E-state index < -0.39 is 0 Å². The van der Waals surface area contributed by atoms with Gasteiger partial charge in [-0.05, 0) is 31.5 Å². The molecule has 0 aliphatic carbocycles. The Labute approximate surface area is 102 Å². The summed E-state index contributed by atoms with van der Waals surface area (Å²) in [5.74, 6) is 0.151. The van der Waals surface area contributed by atoms with Crippen molar-refractivity contribution >= 4 is 28.2 Å². The lowest BCUT2D eigenvalue weighted by Gasteiger charge is -2.04. The van der Waals surface area contributed by atoms with Crippen molar-refractivity contribution < 1.29 is 4.79 Å². The number of carbonyl (C=O) groups excluding carboxylic acids is 1. The smallest absolute Gasteiger partial charge is 0.287 e. The van der Waals surface area contributed by atoms with Gasteiger partial charge in [0.2, 0.25) is 10.1 Å². The number of amides is 1. The summed E-state index contributed by atoms with van der Waals surface area (Å²) in [6.07, 6.45) is 0. The van der Waals surface area contributed by atoms with Crippen LogP contribution >= 0.6 is 11.3 Å². The first-order valence-corrected chi connectivity index (χ1v) is 5.72. The van der Waals surface area contributed by atoms with Crippen molar-refractivity contribution in [3.8, 4) is 0 Å². The van der Waals surface area contributed by atoms with E-state index in [9.17, 15) is 4.79 Å². The Bertz CT molecular complexity index is 545. The van der Waals surface area contributed by atoms with Crippen LogP contribution < -0.4 is 11.1 Å². The van der Waals surface area contributed by atoms with E-state index in [0.29, 0.717) is 5.82 Å². The summed E-state index contributed by atoms with van der Waals surface area (Å²) in [5, 5.41) is 10.4. The molecule has 0 unspecified atom stereocenters. The summed E-state index contributed by atoms with van der Waals surface area (Å²) in [7, 11) is 0. The van der Waals surface area contributed by atoms with E-state index in [-0.39, 0.29) is 16.0 Å². The maximum absolute atomic E-state index is 11.8. The second kappa shape index (κ2) is 4.46. The van der Waals surface area contributed by atoms with Crippen LogP contribution in [0.3, 0.4) is 0 Å². The van der Waals surface area contributed by atoms with E-state index in [1.165, 1.54) is 0 Å². The lowest BCUT2D eigenvalue weighted by molar-refractivity contribution is 0.102. The van der Waals surface area contributed by atoms with Crippen LogP contribution in [0.15, 0.2) is 12.1 Å². The number of hydrogen-bond donors (Lipinski definition) is 2. The van der Waals surface area contributed by atoms with Gasteiger partial charge in [0.15, 0.2) is 0 Å². The van der Waals surface area contributed by atoms with E-state index in [2.05, 4.69) is 20.5 Å². The molecular weight excluding hydrogens is 238 g/mol. The highest BCUT2D eigenvalue weighted by molar-refractivity contribution is 7.16. The van der Waals surface area contributed by atoms with E-state index in [1.807, 2.05) is 19.9 Å². The minimum atomic E-state index is -0.350. The maximum atomic E-state index is 11.8. The van der Waals surface area contributed by atoms with Crippen molar-refractivity contribution in [3.05, 3.63) is 28.4 Å². The standard InChI is InChI=1S/C10H11N5OS/c1-5-3-6(2)12-7(4-5)13-8(16)9-14-15-10(11)17-9/h3-4H,1-2H3,(H2,11,15)(H,12,13,16). The predicted octanol–water partition coefficient (Wildman–Crippen LogP) is 1.38. The third-order valence-electron chi connectivity index (χ3n) is 1.97. The normalized spacial score (nSPS) is 10.2. The van der Waals surface area contributed by atoms with Crippen LogP contribution in [0.2, 0.25) is 0 Å². The summed E-state index contributed by atoms with van der Waals surface area (Å²) in [6, 6.07) is 3.72. The molecule has 6 nitrogen and oxygen atoms in total. The Morgan fingerprint density at radius 1 is 1.35 bits per heavy atom. The largest absolute Gasteiger partial charge is 0.374 e. The number of rotatable bonds is 2. The van der Waals surface area contributed by atoms with Gasteiger partial charge < -0.3 is 11.1 Å². The topological polar surface area (TPSA) is 93.8 Å². The minimum Gasteiger partial charge on any atom is -0.374 e. The van der Waals surface area contributed by atoms with E-state index >= 15 is 0 Å². The highest BCUT2D eigenvalue weighted by Gasteiger charge is 2.12. The van der Waals surface area contributed by atoms with Crippen LogP contribution in [0.5, 0.6) is 0 Å². The molecular formula is C10H11N5OS. The average molecular weight is 249 g/mol. The maximum Gasteiger partial charge on any atom is 0.287 e. The van der Waals surface area contributed by atoms with Crippen LogP contribution in [0.25, 0.3) is 0 Å². The van der Waals surface area contributed by atoms with Gasteiger partial charge in [0, 0.05) is 5.69 Å². The Kier molecular flexibility index (Phi) is 3.01. The van der Waals surface area contributed by atoms with Gasteiger partial charge in [-0.2, -0.15) is 0 Å². The SMILES string of the molecule is Cc1cc(C)nc(NC(=O)c2nnc(N)s2)c1. The third kappa shape index (κ3) is 2.76. The molecule has 0 spiro atoms. The second-order valence-electron chi connectivity index (χ2n) is 3.57. The van der Waals surface area contributed by atoms with Crippen LogP contribution in [-0.4, -0.2) is 21.1 Å². The van der Waals surface area contributed by atoms with Crippen LogP contribution in [0.4, 0.5) is 10.9 Å². The lowest BCUT2D eigenvalue weighted by atomic mass is 10.2. The number of nitrogens with zero attached hydrogens (tertiary/aromatic N) is 3. The first-order chi connectivity index (χ1) is 8.04. The van der Waals surface area contributed by atoms with Crippen LogP contribution in [0.1, 0.15) is 21.1 Å². The number of nitrogens with two attached hydrogens (primary N) is 1. The fraction of sp³-hybridized carbons (Fsp3) is 0.200. The molecule has 17 heavy (non-hydrogen) atoms. The lowest BCUT2D eigenvalue weighted by Crippen LogP contribution is -2.13. The van der Waals surface area contributed by atoms with Crippen molar-refractivity contribution in [2.45, 2.75) is 13.8 Å². The second-order valence-corrected chi connectivity index (χ2v) is 4.58. The average Bonchev–Trinajstić information content (AvgIpc) is 2.63. The summed E-state index contributed by atoms with van der Waals surface area (Å²) in [5.41, 5.74) is 7.28. The Morgan fingerprint density at radius 3 is 2.71 bits per heavy atom. The fourth-order valence-corrected chi connectivity index (χ4v) is 1.91. The first kappa shape index (κ1) is 11.5. The molecule has 0 aliphatic rings. The van der Waals surface area contributed by atoms with Crippen LogP contribution in [-0.2, 0) is 0 Å². The zero-order valence-electron chi connectivity index (χ0n) is 9.39. The first-order valence-electron chi connectivity index (χ1n) is 4.90. The minimum absolute atomic E-state index is 0.225. The monoisotopic (exact) mass is 249 g/mol. The fourth-order valence-electron chi connectivity index (χ4n) is 1.40. The molecule has 0 bridgehead atoms. The molecule has 2 heterocycles. The summed E-state index contributed by atoms with van der Waals surface area (Å²) in [4.78, 5) is 16.0. The van der Waals surface area contributed by atoms with Crippen molar-refractivity contribution in [1.82, 2.24) is 15.2 Å². The van der Waals surface area contributed by atoms with E-state index in [4.69, 9.17) is 5.73 Å². The molecule has 7 heteroatoms. The quantitative estimate of drug-likeness (QED) is 0.838. The third-order valence-corrected chi connectivity index (χ3v) is 2.73. The zero-order valence-corrected chi connectivity index (χ0v) is 10.2. The highest BCUT2D eigenvalue weighted by atomic mass is 32.1. The number of aromatic nitrogens is 3. The van der Waals surface area contributed by atoms with Crippen molar-refractivity contribution in [3.63, 3.8) is 0 Å². The van der Waals surface area contributed by atoms with Gasteiger partial charge in [-0.3, -0.25) is 4.79 Å². The van der Waals surface area contributed by atoms with Crippen molar-refractivity contribution in [1.29, 1.82) is 0 Å². The van der Waals surface area contributed by atoms with Gasteiger partial charge in [-0.1, -0.05) is 11.3 Å². The Balaban J connectivity index is 2.18. The van der Waals surface area contributed by atoms with Gasteiger partial charge in [0.25, 0.3) is 5.91 Å². The molecule has 3 N–H and O–H groups in total. The van der Waals surface area contributed by atoms with Gasteiger partial charge >= 0.3 is 0 Å². The predicted molar refractivity (Wildman–Crippen MR) is 66.0 cm³/mol. The summed E-state index contributed by atoms with van der Waals surface area (Å²) in [6.45, 7) is 3.80. The summed E-state index contributed by atoms with van der Waals surface area (Å²) >= 11 is 1.04. The number of carbonyl (C=O) groups is 1. The zero-order chi connectivity index (χ0) is 12.4. The molecule has 88 valence electrons. The molecule has 0 saturated heterocycles. The number of nitrogen functional groups attached to an aromatic ring is 1. The summed E-state index contributed by atoms with van der Waals surface area (Å²) < 4.78 is 0. The Hall–Kier alpha value is -2.02. The number of nitrogens with one attached hydrogen (secondary N) is 1. The van der Waals surface area contributed by atoms with Crippen molar-refractivity contribution in [2.75, 3.05) is 11.1 Å². The van der Waals surface area contributed by atoms with Gasteiger partial charge in [0.05, 0.1) is 0 Å². The molecule has 0 atom stereocenters. The number of anilines is 2. The molecule has 0 radical (unpaired) electrons. The van der Waals surface area contributed by atoms with E-state index in [1.54, 1.807) is 6.07 Å². The molecule has 0 aliphatic heterocycles. The van der Waals surface area contributed by atoms with Gasteiger partial charge in [-0.15, -0.1) is 10.2 Å².